The van der Waals surface area contributed by atoms with E-state index < -0.39 is 0 Å². The molecule has 0 rings (SSSR count). The molecule has 0 unspecified atom stereocenters. The molecule has 0 aliphatic carbocycles. The predicted molar refractivity (Wildman–Crippen MR) is 51.2 cm³/mol. The average Bonchev–Trinajstić information content (AvgIpc) is 2.03. The Kier molecular flexibility index (Phi) is 9.51. The highest BCUT2D eigenvalue weighted by Crippen LogP contribution is 2.06. The van der Waals surface area contributed by atoms with Crippen LogP contribution in [0.5, 0.6) is 0 Å². The van der Waals surface area contributed by atoms with Crippen LogP contribution < -0.4 is 0 Å². The summed E-state index contributed by atoms with van der Waals surface area (Å²) in [5, 5.41) is 0. The van der Waals surface area contributed by atoms with E-state index in [1.54, 1.807) is 0 Å². The second-order valence-electron chi connectivity index (χ2n) is 2.90. The van der Waals surface area contributed by atoms with Crippen molar-refractivity contribution >= 4 is 0 Å². The van der Waals surface area contributed by atoms with Crippen LogP contribution in [0.2, 0.25) is 0 Å². The van der Waals surface area contributed by atoms with Gasteiger partial charge in [0, 0.05) is 0 Å². The molecule has 2 radical (unpaired) electrons. The normalized spacial score (nSPS) is 11.1. The molecule has 0 aliphatic rings. The van der Waals surface area contributed by atoms with Gasteiger partial charge in [-0.3, -0.25) is 0 Å². The highest BCUT2D eigenvalue weighted by atomic mass is 13.9. The van der Waals surface area contributed by atoms with Gasteiger partial charge < -0.3 is 0 Å². The lowest BCUT2D eigenvalue weighted by molar-refractivity contribution is 0.621. The minimum absolute atomic E-state index is 1.10. The Morgan fingerprint density at radius 3 is 2.36 bits per heavy atom. The summed E-state index contributed by atoms with van der Waals surface area (Å²) in [6, 6.07) is 0. The van der Waals surface area contributed by atoms with Crippen LogP contribution in [0.25, 0.3) is 0 Å². The second kappa shape index (κ2) is 9.74. The monoisotopic (exact) mass is 152 g/mol. The Morgan fingerprint density at radius 1 is 1.09 bits per heavy atom. The molecular weight excluding hydrogens is 132 g/mol. The quantitative estimate of drug-likeness (QED) is 0.485. The fraction of sp³-hybridized carbons (Fsp3) is 0.727. The zero-order valence-corrected chi connectivity index (χ0v) is 7.73. The molecule has 0 spiro atoms. The van der Waals surface area contributed by atoms with E-state index in [1.807, 2.05) is 6.92 Å². The summed E-state index contributed by atoms with van der Waals surface area (Å²) in [7, 11) is 0. The zero-order valence-electron chi connectivity index (χ0n) is 7.73. The predicted octanol–water partition coefficient (Wildman–Crippen LogP) is 3.93. The number of allylic oxidation sites excluding steroid dienone is 2. The van der Waals surface area contributed by atoms with Crippen LogP contribution in [0.1, 0.15) is 51.9 Å². The molecule has 0 aliphatic heterocycles. The molecule has 11 heavy (non-hydrogen) atoms. The van der Waals surface area contributed by atoms with Gasteiger partial charge in [-0.2, -0.15) is 0 Å². The maximum atomic E-state index is 3.82. The van der Waals surface area contributed by atoms with Crippen molar-refractivity contribution in [2.24, 2.45) is 0 Å². The van der Waals surface area contributed by atoms with Crippen LogP contribution in [-0.2, 0) is 0 Å². The third-order valence-corrected chi connectivity index (χ3v) is 1.80. The van der Waals surface area contributed by atoms with E-state index in [-0.39, 0.29) is 0 Å². The molecule has 0 heterocycles. The van der Waals surface area contributed by atoms with E-state index in [2.05, 4.69) is 19.1 Å². The molecule has 0 aromatic heterocycles. The van der Waals surface area contributed by atoms with Gasteiger partial charge >= 0.3 is 0 Å². The Morgan fingerprint density at radius 2 is 1.73 bits per heavy atom. The summed E-state index contributed by atoms with van der Waals surface area (Å²) < 4.78 is 0. The second-order valence-corrected chi connectivity index (χ2v) is 2.90. The Balaban J connectivity index is 2.79. The zero-order chi connectivity index (χ0) is 8.36. The van der Waals surface area contributed by atoms with Crippen LogP contribution in [-0.4, -0.2) is 0 Å². The molecule has 64 valence electrons. The first-order valence-corrected chi connectivity index (χ1v) is 4.70. The third-order valence-electron chi connectivity index (χ3n) is 1.80. The molecule has 0 fully saturated rings. The molecule has 0 atom stereocenters. The minimum Gasteiger partial charge on any atom is -0.0813 e. The molecule has 0 amide bonds. The molecule has 0 N–H and O–H groups in total. The largest absolute Gasteiger partial charge is 0.0813 e. The number of hydrogen-bond acceptors (Lipinski definition) is 0. The third kappa shape index (κ3) is 9.74. The van der Waals surface area contributed by atoms with Crippen LogP contribution in [0, 0.1) is 13.0 Å². The van der Waals surface area contributed by atoms with Gasteiger partial charge in [-0.15, -0.1) is 0 Å². The van der Waals surface area contributed by atoms with Crippen molar-refractivity contribution in [2.75, 3.05) is 0 Å². The van der Waals surface area contributed by atoms with Gasteiger partial charge in [-0.05, 0) is 19.8 Å². The smallest absolute Gasteiger partial charge is 0.0345 e. The average molecular weight is 152 g/mol. The molecule has 0 nitrogen and oxygen atoms in total. The van der Waals surface area contributed by atoms with Gasteiger partial charge in [0.05, 0.1) is 0 Å². The summed E-state index contributed by atoms with van der Waals surface area (Å²) >= 11 is 0. The van der Waals surface area contributed by atoms with Crippen LogP contribution in [0.15, 0.2) is 6.08 Å². The summed E-state index contributed by atoms with van der Waals surface area (Å²) in [5.74, 6) is 0. The van der Waals surface area contributed by atoms with Gasteiger partial charge in [0.2, 0.25) is 0 Å². The molecule has 0 aromatic carbocycles. The molecule has 0 heteroatoms. The van der Waals surface area contributed by atoms with E-state index in [1.165, 1.54) is 38.5 Å². The lowest BCUT2D eigenvalue weighted by Crippen LogP contribution is -1.77. The van der Waals surface area contributed by atoms with Gasteiger partial charge in [-0.1, -0.05) is 51.2 Å². The van der Waals surface area contributed by atoms with Crippen molar-refractivity contribution in [2.45, 2.75) is 51.9 Å². The number of unbranched alkanes of at least 4 members (excludes halogenated alkanes) is 6. The van der Waals surface area contributed by atoms with Crippen LogP contribution >= 0.6 is 0 Å². The van der Waals surface area contributed by atoms with Gasteiger partial charge in [0.15, 0.2) is 0 Å². The summed E-state index contributed by atoms with van der Waals surface area (Å²) in [6.45, 7) is 5.78. The first kappa shape index (κ1) is 10.7. The standard InChI is InChI=1S/C11H20/c1-3-5-7-9-11-10-8-6-4-2/h6H,1,3,5,7-11H2,2H3. The van der Waals surface area contributed by atoms with E-state index in [0.717, 1.165) is 6.42 Å². The molecule has 0 saturated heterocycles. The Labute approximate surface area is 71.7 Å². The highest BCUT2D eigenvalue weighted by molar-refractivity contribution is 4.69. The van der Waals surface area contributed by atoms with Gasteiger partial charge in [0.1, 0.15) is 0 Å². The van der Waals surface area contributed by atoms with Gasteiger partial charge in [-0.25, -0.2) is 0 Å². The highest BCUT2D eigenvalue weighted by Gasteiger charge is 1.87. The van der Waals surface area contributed by atoms with Crippen molar-refractivity contribution in [1.29, 1.82) is 0 Å². The summed E-state index contributed by atoms with van der Waals surface area (Å²) in [6.07, 6.45) is 14.2. The molecular formula is C11H20. The first-order chi connectivity index (χ1) is 5.41. The van der Waals surface area contributed by atoms with Crippen molar-refractivity contribution in [1.82, 2.24) is 0 Å². The maximum Gasteiger partial charge on any atom is -0.0345 e. The Bertz CT molecular complexity index is 82.0. The van der Waals surface area contributed by atoms with E-state index in [0.29, 0.717) is 0 Å². The lowest BCUT2D eigenvalue weighted by Gasteiger charge is -1.96. The summed E-state index contributed by atoms with van der Waals surface area (Å²) in [4.78, 5) is 0. The molecule has 0 bridgehead atoms. The maximum absolute atomic E-state index is 3.82. The SMILES string of the molecule is [CH2]CCCCCCC/C=[C]\C. The van der Waals surface area contributed by atoms with Crippen molar-refractivity contribution < 1.29 is 0 Å². The topological polar surface area (TPSA) is 0 Å². The van der Waals surface area contributed by atoms with Crippen molar-refractivity contribution in [3.63, 3.8) is 0 Å². The molecule has 0 aromatic rings. The summed E-state index contributed by atoms with van der Waals surface area (Å²) in [5.41, 5.74) is 0. The number of hydrogen-bond donors (Lipinski definition) is 0. The van der Waals surface area contributed by atoms with Crippen LogP contribution in [0.3, 0.4) is 0 Å². The van der Waals surface area contributed by atoms with Crippen LogP contribution in [0.4, 0.5) is 0 Å². The fourth-order valence-electron chi connectivity index (χ4n) is 1.10. The van der Waals surface area contributed by atoms with E-state index in [9.17, 15) is 0 Å². The fourth-order valence-corrected chi connectivity index (χ4v) is 1.10. The minimum atomic E-state index is 1.10. The molecule has 0 saturated carbocycles. The Hall–Kier alpha value is -0.260. The number of rotatable bonds is 7. The van der Waals surface area contributed by atoms with Crippen molar-refractivity contribution in [3.05, 3.63) is 19.1 Å². The van der Waals surface area contributed by atoms with E-state index in [4.69, 9.17) is 0 Å². The van der Waals surface area contributed by atoms with Crippen molar-refractivity contribution in [3.8, 4) is 0 Å². The van der Waals surface area contributed by atoms with E-state index >= 15 is 0 Å². The lowest BCUT2D eigenvalue weighted by atomic mass is 10.1. The van der Waals surface area contributed by atoms with Gasteiger partial charge in [0.25, 0.3) is 0 Å². The first-order valence-electron chi connectivity index (χ1n) is 4.70.